The molecule has 2 aromatic rings. The van der Waals surface area contributed by atoms with Crippen molar-refractivity contribution in [3.05, 3.63) is 64.7 Å². The molecule has 0 bridgehead atoms. The Kier molecular flexibility index (Phi) is 5.14. The normalized spacial score (nSPS) is 25.0. The zero-order valence-electron chi connectivity index (χ0n) is 14.5. The van der Waals surface area contributed by atoms with Crippen molar-refractivity contribution >= 4 is 38.6 Å². The molecule has 1 saturated carbocycles. The van der Waals surface area contributed by atoms with E-state index in [2.05, 4.69) is 0 Å². The van der Waals surface area contributed by atoms with Gasteiger partial charge < -0.3 is 10.5 Å². The fraction of sp³-hybridized carbons (Fsp3) is 0.316. The number of hydrogen-bond donors (Lipinski definition) is 1. The van der Waals surface area contributed by atoms with Crippen LogP contribution in [-0.4, -0.2) is 32.4 Å². The van der Waals surface area contributed by atoms with E-state index < -0.39 is 20.5 Å². The van der Waals surface area contributed by atoms with Crippen molar-refractivity contribution in [1.29, 1.82) is 0 Å². The summed E-state index contributed by atoms with van der Waals surface area (Å²) < 4.78 is 32.0. The third kappa shape index (κ3) is 3.05. The monoisotopic (exact) mass is 409 g/mol. The Balaban J connectivity index is 2.11. The lowest BCUT2D eigenvalue weighted by Crippen LogP contribution is -2.33. The van der Waals surface area contributed by atoms with Gasteiger partial charge in [0.1, 0.15) is 0 Å². The third-order valence-electron chi connectivity index (χ3n) is 5.01. The van der Waals surface area contributed by atoms with Gasteiger partial charge in [0, 0.05) is 18.1 Å². The maximum Gasteiger partial charge on any atom is 0.182 e. The highest BCUT2D eigenvalue weighted by Crippen LogP contribution is 2.64. The molecular weight excluding hydrogens is 390 g/mol. The molecule has 0 heterocycles. The largest absolute Gasteiger partial charge is 0.393 e. The molecule has 0 saturated heterocycles. The number of ether oxygens (including phenoxy) is 1. The van der Waals surface area contributed by atoms with Gasteiger partial charge in [-0.25, -0.2) is 8.42 Å². The van der Waals surface area contributed by atoms with E-state index in [0.717, 1.165) is 11.1 Å². The Morgan fingerprint density at radius 3 is 2.27 bits per heavy atom. The Hall–Kier alpha value is -1.47. The van der Waals surface area contributed by atoms with Gasteiger partial charge in [0.15, 0.2) is 9.84 Å². The predicted molar refractivity (Wildman–Crippen MR) is 107 cm³/mol. The molecule has 138 valence electrons. The van der Waals surface area contributed by atoms with Crippen molar-refractivity contribution in [1.82, 2.24) is 0 Å². The molecule has 0 aromatic heterocycles. The van der Waals surface area contributed by atoms with Crippen molar-refractivity contribution in [3.8, 4) is 0 Å². The van der Waals surface area contributed by atoms with E-state index in [9.17, 15) is 8.42 Å². The van der Waals surface area contributed by atoms with Crippen LogP contribution in [0.4, 0.5) is 0 Å². The molecule has 1 aliphatic carbocycles. The van der Waals surface area contributed by atoms with E-state index in [1.807, 2.05) is 31.2 Å². The molecule has 3 rings (SSSR count). The van der Waals surface area contributed by atoms with Crippen molar-refractivity contribution < 1.29 is 13.2 Å². The molecule has 26 heavy (non-hydrogen) atoms. The number of aryl methyl sites for hydroxylation is 1. The lowest BCUT2D eigenvalue weighted by molar-refractivity contribution is 0.166. The van der Waals surface area contributed by atoms with Gasteiger partial charge >= 0.3 is 0 Å². The molecule has 0 radical (unpaired) electrons. The van der Waals surface area contributed by atoms with Crippen LogP contribution in [0.5, 0.6) is 0 Å². The van der Waals surface area contributed by atoms with Crippen LogP contribution in [0.1, 0.15) is 17.0 Å². The Labute approximate surface area is 164 Å². The second-order valence-electron chi connectivity index (χ2n) is 6.65. The fourth-order valence-electron chi connectivity index (χ4n) is 3.65. The smallest absolute Gasteiger partial charge is 0.182 e. The average molecular weight is 410 g/mol. The summed E-state index contributed by atoms with van der Waals surface area (Å²) in [5, 5.41) is -0.288. The number of rotatable bonds is 6. The summed E-state index contributed by atoms with van der Waals surface area (Å²) in [6.45, 7) is 2.13. The third-order valence-corrected chi connectivity index (χ3v) is 7.93. The predicted octanol–water partition coefficient (Wildman–Crippen LogP) is 3.51. The summed E-state index contributed by atoms with van der Waals surface area (Å²) in [7, 11) is -2.15. The van der Waals surface area contributed by atoms with Crippen LogP contribution in [0, 0.1) is 12.3 Å². The van der Waals surface area contributed by atoms with Crippen LogP contribution < -0.4 is 5.73 Å². The summed E-state index contributed by atoms with van der Waals surface area (Å²) in [5.41, 5.74) is 7.10. The SMILES string of the molecule is COC[C@@]1(C(N)=S)[C@H](c2ccc(C)cc2)[C@@H]1S(=O)(=O)c1ccc(Cl)cc1. The first-order valence-corrected chi connectivity index (χ1v) is 10.4. The minimum atomic E-state index is -3.67. The summed E-state index contributed by atoms with van der Waals surface area (Å²) in [5.74, 6) is -0.346. The van der Waals surface area contributed by atoms with E-state index in [0.29, 0.717) is 5.02 Å². The van der Waals surface area contributed by atoms with Crippen LogP contribution in [-0.2, 0) is 14.6 Å². The van der Waals surface area contributed by atoms with Crippen molar-refractivity contribution in [3.63, 3.8) is 0 Å². The van der Waals surface area contributed by atoms with E-state index in [4.69, 9.17) is 34.3 Å². The highest BCUT2D eigenvalue weighted by molar-refractivity contribution is 7.92. The Bertz CT molecular complexity index is 926. The maximum atomic E-state index is 13.3. The lowest BCUT2D eigenvalue weighted by Gasteiger charge is -2.16. The second-order valence-corrected chi connectivity index (χ2v) is 9.59. The van der Waals surface area contributed by atoms with Crippen molar-refractivity contribution in [2.75, 3.05) is 13.7 Å². The number of methoxy groups -OCH3 is 1. The first kappa shape index (κ1) is 19.3. The van der Waals surface area contributed by atoms with Crippen LogP contribution in [0.3, 0.4) is 0 Å². The molecule has 0 spiro atoms. The number of sulfone groups is 1. The zero-order chi connectivity index (χ0) is 19.1. The van der Waals surface area contributed by atoms with Gasteiger partial charge in [-0.15, -0.1) is 0 Å². The van der Waals surface area contributed by atoms with Crippen LogP contribution >= 0.6 is 23.8 Å². The standard InChI is InChI=1S/C19H20ClNO3S2/c1-12-3-5-13(6-4-12)16-17(19(16,11-24-2)18(21)25)26(22,23)15-9-7-14(20)8-10-15/h3-10,16-17H,11H2,1-2H3,(H2,21,25)/t16-,17+,19-/m1/s1. The van der Waals surface area contributed by atoms with Gasteiger partial charge in [0.2, 0.25) is 0 Å². The first-order valence-electron chi connectivity index (χ1n) is 8.10. The quantitative estimate of drug-likeness (QED) is 0.739. The summed E-state index contributed by atoms with van der Waals surface area (Å²) >= 11 is 11.2. The van der Waals surface area contributed by atoms with E-state index in [-0.39, 0.29) is 22.4 Å². The van der Waals surface area contributed by atoms with E-state index >= 15 is 0 Å². The van der Waals surface area contributed by atoms with Gasteiger partial charge in [-0.1, -0.05) is 53.6 Å². The zero-order valence-corrected chi connectivity index (χ0v) is 16.9. The Morgan fingerprint density at radius 1 is 1.19 bits per heavy atom. The first-order chi connectivity index (χ1) is 12.2. The van der Waals surface area contributed by atoms with E-state index in [1.165, 1.54) is 19.2 Å². The molecule has 7 heteroatoms. The molecule has 0 amide bonds. The van der Waals surface area contributed by atoms with Gasteiger partial charge in [-0.05, 0) is 36.8 Å². The van der Waals surface area contributed by atoms with Gasteiger partial charge in [-0.3, -0.25) is 0 Å². The molecule has 3 atom stereocenters. The highest BCUT2D eigenvalue weighted by atomic mass is 35.5. The maximum absolute atomic E-state index is 13.3. The molecule has 2 N–H and O–H groups in total. The van der Waals surface area contributed by atoms with Gasteiger partial charge in [0.05, 0.1) is 27.2 Å². The van der Waals surface area contributed by atoms with Gasteiger partial charge in [0.25, 0.3) is 0 Å². The molecule has 2 aromatic carbocycles. The molecule has 0 aliphatic heterocycles. The minimum absolute atomic E-state index is 0.151. The molecule has 1 fully saturated rings. The van der Waals surface area contributed by atoms with Crippen LogP contribution in [0.2, 0.25) is 5.02 Å². The molecular formula is C19H20ClNO3S2. The van der Waals surface area contributed by atoms with Gasteiger partial charge in [-0.2, -0.15) is 0 Å². The summed E-state index contributed by atoms with van der Waals surface area (Å²) in [6, 6.07) is 13.9. The lowest BCUT2D eigenvalue weighted by atomic mass is 9.99. The highest BCUT2D eigenvalue weighted by Gasteiger charge is 2.73. The van der Waals surface area contributed by atoms with Crippen LogP contribution in [0.15, 0.2) is 53.4 Å². The second kappa shape index (κ2) is 6.93. The number of thiocarbonyl (C=S) groups is 1. The topological polar surface area (TPSA) is 69.4 Å². The molecule has 4 nitrogen and oxygen atoms in total. The van der Waals surface area contributed by atoms with E-state index in [1.54, 1.807) is 12.1 Å². The minimum Gasteiger partial charge on any atom is -0.393 e. The number of benzene rings is 2. The fourth-order valence-corrected chi connectivity index (χ4v) is 6.55. The number of halogens is 1. The van der Waals surface area contributed by atoms with Crippen LogP contribution in [0.25, 0.3) is 0 Å². The molecule has 0 unspecified atom stereocenters. The Morgan fingerprint density at radius 2 is 1.77 bits per heavy atom. The average Bonchev–Trinajstić information content (AvgIpc) is 3.27. The van der Waals surface area contributed by atoms with Crippen molar-refractivity contribution in [2.45, 2.75) is 23.0 Å². The van der Waals surface area contributed by atoms with Crippen molar-refractivity contribution in [2.24, 2.45) is 11.1 Å². The number of hydrogen-bond acceptors (Lipinski definition) is 4. The number of nitrogens with two attached hydrogens (primary N) is 1. The summed E-state index contributed by atoms with van der Waals surface area (Å²) in [6.07, 6.45) is 0. The summed E-state index contributed by atoms with van der Waals surface area (Å²) in [4.78, 5) is 0.366. The molecule has 1 aliphatic rings.